The zero-order chi connectivity index (χ0) is 16.2. The van der Waals surface area contributed by atoms with Crippen molar-refractivity contribution in [1.29, 1.82) is 0 Å². The first kappa shape index (κ1) is 15.8. The molecule has 1 aromatic carbocycles. The zero-order valence-corrected chi connectivity index (χ0v) is 13.9. The molecule has 3 rings (SSSR count). The number of hydrogen-bond donors (Lipinski definition) is 2. The van der Waals surface area contributed by atoms with Gasteiger partial charge in [-0.2, -0.15) is 0 Å². The first-order chi connectivity index (χ1) is 11.2. The maximum atomic E-state index is 6.29. The fourth-order valence-electron chi connectivity index (χ4n) is 2.72. The molecular weight excluding hydrogens is 312 g/mol. The molecule has 23 heavy (non-hydrogen) atoms. The Morgan fingerprint density at radius 2 is 2.00 bits per heavy atom. The van der Waals surface area contributed by atoms with Crippen LogP contribution in [-0.4, -0.2) is 47.6 Å². The number of hydrogen-bond acceptors (Lipinski definition) is 6. The monoisotopic (exact) mass is 332 g/mol. The number of halogens is 1. The van der Waals surface area contributed by atoms with Crippen LogP contribution < -0.4 is 16.0 Å². The van der Waals surface area contributed by atoms with Crippen molar-refractivity contribution < 1.29 is 0 Å². The van der Waals surface area contributed by atoms with Crippen molar-refractivity contribution in [2.75, 3.05) is 48.7 Å². The lowest BCUT2D eigenvalue weighted by atomic mass is 10.3. The maximum Gasteiger partial charge on any atom is 0.159 e. The van der Waals surface area contributed by atoms with E-state index in [1.807, 2.05) is 24.3 Å². The van der Waals surface area contributed by atoms with Crippen molar-refractivity contribution in [2.45, 2.75) is 6.92 Å². The number of nitrogen functional groups attached to an aromatic ring is 1. The van der Waals surface area contributed by atoms with E-state index in [9.17, 15) is 0 Å². The smallest absolute Gasteiger partial charge is 0.159 e. The minimum Gasteiger partial charge on any atom is -0.393 e. The third-order valence-corrected chi connectivity index (χ3v) is 4.30. The van der Waals surface area contributed by atoms with Crippen LogP contribution in [-0.2, 0) is 0 Å². The molecule has 2 heterocycles. The summed E-state index contributed by atoms with van der Waals surface area (Å²) < 4.78 is 0. The fraction of sp³-hybridized carbons (Fsp3) is 0.375. The lowest BCUT2D eigenvalue weighted by molar-refractivity contribution is 0.270. The van der Waals surface area contributed by atoms with E-state index in [1.54, 1.807) is 6.33 Å². The van der Waals surface area contributed by atoms with Gasteiger partial charge in [-0.25, -0.2) is 9.97 Å². The number of aromatic nitrogens is 2. The van der Waals surface area contributed by atoms with Crippen molar-refractivity contribution in [1.82, 2.24) is 14.9 Å². The molecule has 0 saturated carbocycles. The molecule has 0 spiro atoms. The summed E-state index contributed by atoms with van der Waals surface area (Å²) in [6, 6.07) is 7.47. The van der Waals surface area contributed by atoms with Crippen LogP contribution in [0.1, 0.15) is 6.92 Å². The molecule has 0 bridgehead atoms. The summed E-state index contributed by atoms with van der Waals surface area (Å²) in [5.41, 5.74) is 7.71. The molecule has 0 atom stereocenters. The Labute approximate surface area is 141 Å². The lowest BCUT2D eigenvalue weighted by Gasteiger charge is -2.35. The van der Waals surface area contributed by atoms with Crippen molar-refractivity contribution in [3.8, 4) is 0 Å². The average Bonchev–Trinajstić information content (AvgIpc) is 2.57. The van der Waals surface area contributed by atoms with Gasteiger partial charge in [-0.1, -0.05) is 24.6 Å². The molecule has 0 aliphatic carbocycles. The van der Waals surface area contributed by atoms with Crippen molar-refractivity contribution in [2.24, 2.45) is 0 Å². The number of anilines is 4. The highest BCUT2D eigenvalue weighted by Crippen LogP contribution is 2.29. The topological polar surface area (TPSA) is 70.3 Å². The van der Waals surface area contributed by atoms with E-state index in [1.165, 1.54) is 0 Å². The summed E-state index contributed by atoms with van der Waals surface area (Å²) in [6.45, 7) is 7.15. The predicted molar refractivity (Wildman–Crippen MR) is 95.5 cm³/mol. The van der Waals surface area contributed by atoms with Gasteiger partial charge in [-0.05, 0) is 24.7 Å². The Morgan fingerprint density at radius 3 is 2.70 bits per heavy atom. The number of rotatable bonds is 4. The molecule has 1 aromatic heterocycles. The molecule has 1 aliphatic heterocycles. The Morgan fingerprint density at radius 1 is 1.22 bits per heavy atom. The first-order valence-electron chi connectivity index (χ1n) is 7.77. The molecule has 7 heteroatoms. The number of benzene rings is 1. The second-order valence-electron chi connectivity index (χ2n) is 5.52. The van der Waals surface area contributed by atoms with Gasteiger partial charge in [-0.15, -0.1) is 0 Å². The molecule has 0 radical (unpaired) electrons. The van der Waals surface area contributed by atoms with Gasteiger partial charge < -0.3 is 20.9 Å². The molecule has 2 aromatic rings. The van der Waals surface area contributed by atoms with Crippen LogP contribution in [0.25, 0.3) is 0 Å². The molecule has 0 unspecified atom stereocenters. The van der Waals surface area contributed by atoms with Crippen LogP contribution in [0, 0.1) is 0 Å². The van der Waals surface area contributed by atoms with Gasteiger partial charge in [0.25, 0.3) is 0 Å². The van der Waals surface area contributed by atoms with Gasteiger partial charge in [0.2, 0.25) is 0 Å². The van der Waals surface area contributed by atoms with Gasteiger partial charge >= 0.3 is 0 Å². The van der Waals surface area contributed by atoms with Crippen LogP contribution in [0.2, 0.25) is 5.02 Å². The van der Waals surface area contributed by atoms with E-state index in [-0.39, 0.29) is 0 Å². The summed E-state index contributed by atoms with van der Waals surface area (Å²) in [7, 11) is 0. The van der Waals surface area contributed by atoms with Crippen LogP contribution in [0.3, 0.4) is 0 Å². The van der Waals surface area contributed by atoms with Gasteiger partial charge in [0.05, 0.1) is 0 Å². The van der Waals surface area contributed by atoms with Crippen molar-refractivity contribution in [3.63, 3.8) is 0 Å². The van der Waals surface area contributed by atoms with Crippen molar-refractivity contribution >= 4 is 34.6 Å². The molecule has 1 saturated heterocycles. The van der Waals surface area contributed by atoms with E-state index in [0.29, 0.717) is 16.5 Å². The Hall–Kier alpha value is -2.05. The first-order valence-corrected chi connectivity index (χ1v) is 8.15. The molecule has 6 nitrogen and oxygen atoms in total. The van der Waals surface area contributed by atoms with Gasteiger partial charge in [0, 0.05) is 36.9 Å². The second kappa shape index (κ2) is 7.02. The average molecular weight is 333 g/mol. The normalized spacial score (nSPS) is 15.7. The van der Waals surface area contributed by atoms with Crippen LogP contribution in [0.4, 0.5) is 23.0 Å². The van der Waals surface area contributed by atoms with E-state index in [4.69, 9.17) is 17.3 Å². The standard InChI is InChI=1S/C16H21ClN6/c1-2-22-6-8-23(9-7-22)16-14(18)15(19-11-20-16)21-13-5-3-4-12(17)10-13/h3-5,10-11H,2,6-9,18H2,1H3,(H,19,20,21). The second-order valence-corrected chi connectivity index (χ2v) is 5.95. The van der Waals surface area contributed by atoms with Crippen molar-refractivity contribution in [3.05, 3.63) is 35.6 Å². The highest BCUT2D eigenvalue weighted by Gasteiger charge is 2.20. The SMILES string of the molecule is CCN1CCN(c2ncnc(Nc3cccc(Cl)c3)c2N)CC1. The highest BCUT2D eigenvalue weighted by molar-refractivity contribution is 6.30. The maximum absolute atomic E-state index is 6.29. The van der Waals surface area contributed by atoms with E-state index in [2.05, 4.69) is 32.0 Å². The number of piperazine rings is 1. The minimum atomic E-state index is 0.567. The third kappa shape index (κ3) is 3.65. The highest BCUT2D eigenvalue weighted by atomic mass is 35.5. The Bertz CT molecular complexity index is 669. The molecule has 3 N–H and O–H groups in total. The molecular formula is C16H21ClN6. The summed E-state index contributed by atoms with van der Waals surface area (Å²) >= 11 is 6.01. The van der Waals surface area contributed by atoms with Crippen LogP contribution in [0.15, 0.2) is 30.6 Å². The minimum absolute atomic E-state index is 0.567. The summed E-state index contributed by atoms with van der Waals surface area (Å²) in [5, 5.41) is 3.88. The summed E-state index contributed by atoms with van der Waals surface area (Å²) in [5.74, 6) is 1.40. The molecule has 1 aliphatic rings. The molecule has 1 fully saturated rings. The van der Waals surface area contributed by atoms with Crippen LogP contribution in [0.5, 0.6) is 0 Å². The van der Waals surface area contributed by atoms with Gasteiger partial charge in [0.1, 0.15) is 12.0 Å². The summed E-state index contributed by atoms with van der Waals surface area (Å²) in [4.78, 5) is 13.3. The predicted octanol–water partition coefficient (Wildman–Crippen LogP) is 2.60. The van der Waals surface area contributed by atoms with Gasteiger partial charge in [-0.3, -0.25) is 0 Å². The number of nitrogens with one attached hydrogen (secondary N) is 1. The van der Waals surface area contributed by atoms with Crippen LogP contribution >= 0.6 is 11.6 Å². The van der Waals surface area contributed by atoms with E-state index < -0.39 is 0 Å². The molecule has 122 valence electrons. The van der Waals surface area contributed by atoms with E-state index in [0.717, 1.165) is 44.2 Å². The third-order valence-electron chi connectivity index (χ3n) is 4.07. The Kier molecular flexibility index (Phi) is 4.83. The fourth-order valence-corrected chi connectivity index (χ4v) is 2.91. The molecule has 0 amide bonds. The number of nitrogens with two attached hydrogens (primary N) is 1. The largest absolute Gasteiger partial charge is 0.393 e. The number of nitrogens with zero attached hydrogens (tertiary/aromatic N) is 4. The van der Waals surface area contributed by atoms with Gasteiger partial charge in [0.15, 0.2) is 11.6 Å². The zero-order valence-electron chi connectivity index (χ0n) is 13.2. The van der Waals surface area contributed by atoms with E-state index >= 15 is 0 Å². The number of likely N-dealkylation sites (N-methyl/N-ethyl adjacent to an activating group) is 1. The quantitative estimate of drug-likeness (QED) is 0.896. The summed E-state index contributed by atoms with van der Waals surface area (Å²) in [6.07, 6.45) is 1.55. The Balaban J connectivity index is 1.79. The lowest BCUT2D eigenvalue weighted by Crippen LogP contribution is -2.46.